The topological polar surface area (TPSA) is 99.4 Å². The van der Waals surface area contributed by atoms with Gasteiger partial charge in [0.05, 0.1) is 11.2 Å². The van der Waals surface area contributed by atoms with Gasteiger partial charge in [0.2, 0.25) is 0 Å². The van der Waals surface area contributed by atoms with Crippen LogP contribution in [0.1, 0.15) is 24.1 Å². The average molecular weight is 452 g/mol. The maximum atomic E-state index is 13.4. The molecule has 2 aliphatic rings. The molecule has 4 heterocycles. The first-order valence-corrected chi connectivity index (χ1v) is 11.2. The largest absolute Gasteiger partial charge is 0.480 e. The van der Waals surface area contributed by atoms with Crippen molar-refractivity contribution in [1.29, 1.82) is 0 Å². The number of benzene rings is 1. The summed E-state index contributed by atoms with van der Waals surface area (Å²) in [6.45, 7) is 3.38. The maximum absolute atomic E-state index is 13.4. The first-order valence-electron chi connectivity index (χ1n) is 11.2. The molecule has 0 unspecified atom stereocenters. The van der Waals surface area contributed by atoms with E-state index in [9.17, 15) is 14.0 Å². The quantitative estimate of drug-likeness (QED) is 0.531. The average Bonchev–Trinajstić information content (AvgIpc) is 2.82. The number of hydrogen-bond acceptors (Lipinski definition) is 6. The molecule has 1 aromatic carbocycles. The van der Waals surface area contributed by atoms with Crippen LogP contribution in [-0.4, -0.2) is 53.1 Å². The van der Waals surface area contributed by atoms with Crippen LogP contribution in [-0.2, 0) is 17.8 Å². The number of halogens is 1. The standard InChI is InChI=1S/C24H26FN5O3/c25-17-2-1-15-11-16(24(32)28-20(15)12-17)5-8-30-9-6-18(7-10-30)26-13-19-3-4-21-23(27-19)29-22(31)14-33-21/h1-4,11-12,18,26H,5-10,13-14H2,(H,28,32)(H,27,29,31). The highest BCUT2D eigenvalue weighted by Crippen LogP contribution is 2.25. The van der Waals surface area contributed by atoms with Gasteiger partial charge < -0.3 is 25.3 Å². The lowest BCUT2D eigenvalue weighted by atomic mass is 10.0. The smallest absolute Gasteiger partial charge is 0.263 e. The Labute approximate surface area is 190 Å². The Morgan fingerprint density at radius 2 is 2.00 bits per heavy atom. The number of anilines is 1. The van der Waals surface area contributed by atoms with Crippen molar-refractivity contribution in [2.24, 2.45) is 0 Å². The molecule has 1 saturated heterocycles. The number of carbonyl (C=O) groups excluding carboxylic acids is 1. The number of likely N-dealkylation sites (tertiary alicyclic amines) is 1. The Bertz CT molecular complexity index is 1240. The molecule has 0 radical (unpaired) electrons. The van der Waals surface area contributed by atoms with E-state index < -0.39 is 0 Å². The number of fused-ring (bicyclic) bond motifs is 2. The Balaban J connectivity index is 1.10. The number of aromatic nitrogens is 2. The van der Waals surface area contributed by atoms with E-state index >= 15 is 0 Å². The second kappa shape index (κ2) is 9.29. The van der Waals surface area contributed by atoms with Gasteiger partial charge in [-0.15, -0.1) is 0 Å². The van der Waals surface area contributed by atoms with Crippen molar-refractivity contribution >= 4 is 22.6 Å². The lowest BCUT2D eigenvalue weighted by Gasteiger charge is -2.32. The highest BCUT2D eigenvalue weighted by Gasteiger charge is 2.20. The third kappa shape index (κ3) is 5.04. The number of rotatable bonds is 6. The molecule has 0 aliphatic carbocycles. The van der Waals surface area contributed by atoms with Gasteiger partial charge in [-0.2, -0.15) is 0 Å². The molecule has 3 aromatic rings. The minimum atomic E-state index is -0.356. The minimum Gasteiger partial charge on any atom is -0.480 e. The molecule has 0 saturated carbocycles. The van der Waals surface area contributed by atoms with Crippen LogP contribution in [0.3, 0.4) is 0 Å². The zero-order valence-corrected chi connectivity index (χ0v) is 18.2. The molecule has 1 amide bonds. The Morgan fingerprint density at radius 3 is 2.85 bits per heavy atom. The zero-order chi connectivity index (χ0) is 22.8. The second-order valence-electron chi connectivity index (χ2n) is 8.59. The predicted molar refractivity (Wildman–Crippen MR) is 123 cm³/mol. The van der Waals surface area contributed by atoms with Gasteiger partial charge in [-0.25, -0.2) is 9.37 Å². The van der Waals surface area contributed by atoms with E-state index in [1.807, 2.05) is 18.2 Å². The molecule has 0 atom stereocenters. The van der Waals surface area contributed by atoms with Crippen molar-refractivity contribution < 1.29 is 13.9 Å². The van der Waals surface area contributed by atoms with Crippen molar-refractivity contribution in [3.63, 3.8) is 0 Å². The van der Waals surface area contributed by atoms with E-state index in [-0.39, 0.29) is 23.9 Å². The number of pyridine rings is 2. The molecule has 2 aromatic heterocycles. The fourth-order valence-electron chi connectivity index (χ4n) is 4.40. The minimum absolute atomic E-state index is 0.0279. The first kappa shape index (κ1) is 21.5. The Kier molecular flexibility index (Phi) is 6.06. The molecule has 3 N–H and O–H groups in total. The van der Waals surface area contributed by atoms with Crippen molar-refractivity contribution in [2.45, 2.75) is 31.8 Å². The van der Waals surface area contributed by atoms with Crippen molar-refractivity contribution in [3.8, 4) is 5.75 Å². The summed E-state index contributed by atoms with van der Waals surface area (Å²) in [4.78, 5) is 33.5. The van der Waals surface area contributed by atoms with E-state index in [0.717, 1.165) is 49.1 Å². The lowest BCUT2D eigenvalue weighted by molar-refractivity contribution is -0.118. The summed E-state index contributed by atoms with van der Waals surface area (Å²) in [5.41, 5.74) is 1.96. The molecule has 172 valence electrons. The molecular formula is C24H26FN5O3. The number of piperidine rings is 1. The summed E-state index contributed by atoms with van der Waals surface area (Å²) in [5.74, 6) is 0.538. The van der Waals surface area contributed by atoms with Crippen LogP contribution in [0.5, 0.6) is 5.75 Å². The summed E-state index contributed by atoms with van der Waals surface area (Å²) >= 11 is 0. The van der Waals surface area contributed by atoms with Crippen LogP contribution in [0.15, 0.2) is 41.2 Å². The number of aromatic amines is 1. The van der Waals surface area contributed by atoms with Crippen molar-refractivity contribution in [2.75, 3.05) is 31.6 Å². The zero-order valence-electron chi connectivity index (χ0n) is 18.2. The number of H-pyrrole nitrogens is 1. The number of nitrogens with one attached hydrogen (secondary N) is 3. The molecule has 33 heavy (non-hydrogen) atoms. The maximum Gasteiger partial charge on any atom is 0.263 e. The van der Waals surface area contributed by atoms with Crippen LogP contribution in [0.25, 0.3) is 10.9 Å². The van der Waals surface area contributed by atoms with Gasteiger partial charge in [-0.05, 0) is 74.1 Å². The van der Waals surface area contributed by atoms with Crippen LogP contribution >= 0.6 is 0 Å². The van der Waals surface area contributed by atoms with Crippen LogP contribution in [0.2, 0.25) is 0 Å². The SMILES string of the molecule is O=C1COc2ccc(CNC3CCN(CCc4cc5ccc(F)cc5[nH]c4=O)CC3)nc2N1. The summed E-state index contributed by atoms with van der Waals surface area (Å²) < 4.78 is 18.7. The molecule has 0 spiro atoms. The van der Waals surface area contributed by atoms with E-state index in [0.29, 0.717) is 36.1 Å². The van der Waals surface area contributed by atoms with Crippen LogP contribution in [0, 0.1) is 5.82 Å². The fraction of sp³-hybridized carbons (Fsp3) is 0.375. The highest BCUT2D eigenvalue weighted by atomic mass is 19.1. The monoisotopic (exact) mass is 451 g/mol. The predicted octanol–water partition coefficient (Wildman–Crippen LogP) is 2.19. The van der Waals surface area contributed by atoms with Crippen molar-refractivity contribution in [1.82, 2.24) is 20.2 Å². The fourth-order valence-corrected chi connectivity index (χ4v) is 4.40. The van der Waals surface area contributed by atoms with E-state index in [1.165, 1.54) is 12.1 Å². The number of carbonyl (C=O) groups is 1. The highest BCUT2D eigenvalue weighted by molar-refractivity contribution is 5.94. The molecule has 5 rings (SSSR count). The van der Waals surface area contributed by atoms with Gasteiger partial charge in [-0.3, -0.25) is 9.59 Å². The third-order valence-electron chi connectivity index (χ3n) is 6.27. The summed E-state index contributed by atoms with van der Waals surface area (Å²) in [6, 6.07) is 10.5. The molecule has 0 bridgehead atoms. The molecule has 9 heteroatoms. The Morgan fingerprint density at radius 1 is 1.15 bits per heavy atom. The number of nitrogens with zero attached hydrogens (tertiary/aromatic N) is 2. The van der Waals surface area contributed by atoms with Gasteiger partial charge in [0.15, 0.2) is 18.2 Å². The molecule has 2 aliphatic heterocycles. The summed E-state index contributed by atoms with van der Waals surface area (Å²) in [6.07, 6.45) is 2.68. The lowest BCUT2D eigenvalue weighted by Crippen LogP contribution is -2.43. The first-order chi connectivity index (χ1) is 16.0. The molecule has 1 fully saturated rings. The molecule has 8 nitrogen and oxygen atoms in total. The number of hydrogen-bond donors (Lipinski definition) is 3. The third-order valence-corrected chi connectivity index (χ3v) is 6.27. The van der Waals surface area contributed by atoms with E-state index in [1.54, 1.807) is 6.07 Å². The number of ether oxygens (including phenoxy) is 1. The number of amides is 1. The van der Waals surface area contributed by atoms with Gasteiger partial charge in [0, 0.05) is 24.7 Å². The summed E-state index contributed by atoms with van der Waals surface area (Å²) in [5, 5.41) is 7.14. The van der Waals surface area contributed by atoms with Crippen molar-refractivity contribution in [3.05, 3.63) is 63.8 Å². The summed E-state index contributed by atoms with van der Waals surface area (Å²) in [7, 11) is 0. The Hall–Kier alpha value is -3.30. The van der Waals surface area contributed by atoms with Gasteiger partial charge >= 0.3 is 0 Å². The normalized spacial score (nSPS) is 16.9. The van der Waals surface area contributed by atoms with Gasteiger partial charge in [0.1, 0.15) is 5.82 Å². The van der Waals surface area contributed by atoms with Gasteiger partial charge in [0.25, 0.3) is 11.5 Å². The van der Waals surface area contributed by atoms with Crippen LogP contribution in [0.4, 0.5) is 10.2 Å². The second-order valence-corrected chi connectivity index (χ2v) is 8.59. The van der Waals surface area contributed by atoms with Gasteiger partial charge in [-0.1, -0.05) is 0 Å². The van der Waals surface area contributed by atoms with E-state index in [4.69, 9.17) is 4.74 Å². The van der Waals surface area contributed by atoms with Crippen LogP contribution < -0.4 is 20.9 Å². The van der Waals surface area contributed by atoms with E-state index in [2.05, 4.69) is 25.5 Å². The molecular weight excluding hydrogens is 425 g/mol.